The van der Waals surface area contributed by atoms with Crippen LogP contribution in [0.1, 0.15) is 18.4 Å². The number of thioether (sulfide) groups is 1. The van der Waals surface area contributed by atoms with E-state index >= 15 is 0 Å². The maximum absolute atomic E-state index is 10.6. The van der Waals surface area contributed by atoms with Crippen LogP contribution < -0.4 is 0 Å². The maximum atomic E-state index is 10.6. The molecular weight excluding hydrogens is 284 g/mol. The van der Waals surface area contributed by atoms with Crippen molar-refractivity contribution in [3.05, 3.63) is 27.9 Å². The zero-order chi connectivity index (χ0) is 13.8. The van der Waals surface area contributed by atoms with Gasteiger partial charge in [-0.2, -0.15) is 5.26 Å². The lowest BCUT2D eigenvalue weighted by Crippen LogP contribution is -2.23. The summed E-state index contributed by atoms with van der Waals surface area (Å²) in [5.74, 6) is 0. The molecule has 0 N–H and O–H groups in total. The van der Waals surface area contributed by atoms with Gasteiger partial charge in [-0.05, 0) is 24.6 Å². The normalized spacial score (nSPS) is 14.2. The van der Waals surface area contributed by atoms with Gasteiger partial charge in [-0.3, -0.25) is 10.1 Å². The van der Waals surface area contributed by atoms with Crippen molar-refractivity contribution < 1.29 is 4.92 Å². The molecule has 0 bridgehead atoms. The van der Waals surface area contributed by atoms with Gasteiger partial charge >= 0.3 is 0 Å². The fourth-order valence-electron chi connectivity index (χ4n) is 1.75. The Balaban J connectivity index is 2.18. The summed E-state index contributed by atoms with van der Waals surface area (Å²) in [7, 11) is 0. The molecule has 0 aliphatic carbocycles. The number of hydrogen-bond acceptors (Lipinski definition) is 6. The van der Waals surface area contributed by atoms with Gasteiger partial charge in [0, 0.05) is 19.2 Å². The number of pyridine rings is 1. The van der Waals surface area contributed by atoms with E-state index in [1.807, 2.05) is 6.07 Å². The third-order valence-electron chi connectivity index (χ3n) is 2.72. The summed E-state index contributed by atoms with van der Waals surface area (Å²) in [6.07, 6.45) is 3.37. The zero-order valence-corrected chi connectivity index (χ0v) is 11.5. The minimum Gasteiger partial charge on any atom is -0.357 e. The highest BCUT2D eigenvalue weighted by atomic mass is 32.2. The molecule has 0 radical (unpaired) electrons. The van der Waals surface area contributed by atoms with Crippen molar-refractivity contribution in [1.29, 1.82) is 5.26 Å². The van der Waals surface area contributed by atoms with Crippen LogP contribution in [0.3, 0.4) is 0 Å². The molecule has 1 saturated heterocycles. The Morgan fingerprint density at radius 3 is 2.84 bits per heavy atom. The Hall–Kier alpha value is -1.72. The van der Waals surface area contributed by atoms with Gasteiger partial charge in [0.1, 0.15) is 21.6 Å². The Labute approximate surface area is 119 Å². The topological polar surface area (TPSA) is 83.1 Å². The number of likely N-dealkylation sites (tertiary alicyclic amines) is 1. The van der Waals surface area contributed by atoms with E-state index in [4.69, 9.17) is 17.5 Å². The Morgan fingerprint density at radius 1 is 1.58 bits per heavy atom. The van der Waals surface area contributed by atoms with Gasteiger partial charge in [0.25, 0.3) is 5.69 Å². The van der Waals surface area contributed by atoms with E-state index in [-0.39, 0.29) is 11.3 Å². The average molecular weight is 294 g/mol. The van der Waals surface area contributed by atoms with Gasteiger partial charge < -0.3 is 4.90 Å². The lowest BCUT2D eigenvalue weighted by molar-refractivity contribution is -0.385. The zero-order valence-electron chi connectivity index (χ0n) is 9.90. The second kappa shape index (κ2) is 5.95. The van der Waals surface area contributed by atoms with E-state index < -0.39 is 4.92 Å². The molecule has 2 heterocycles. The molecule has 8 heteroatoms. The highest BCUT2D eigenvalue weighted by Gasteiger charge is 2.19. The quantitative estimate of drug-likeness (QED) is 0.358. The first-order valence-corrected chi connectivity index (χ1v) is 6.85. The summed E-state index contributed by atoms with van der Waals surface area (Å²) in [6.45, 7) is 1.83. The number of rotatable bonds is 2. The Kier molecular flexibility index (Phi) is 4.29. The van der Waals surface area contributed by atoms with Crippen LogP contribution in [0.2, 0.25) is 0 Å². The third-order valence-corrected chi connectivity index (χ3v) is 4.18. The average Bonchev–Trinajstić information content (AvgIpc) is 2.92. The summed E-state index contributed by atoms with van der Waals surface area (Å²) in [4.78, 5) is 16.1. The Morgan fingerprint density at radius 2 is 2.26 bits per heavy atom. The molecule has 1 fully saturated rings. The van der Waals surface area contributed by atoms with Crippen LogP contribution in [-0.2, 0) is 0 Å². The number of nitro groups is 1. The van der Waals surface area contributed by atoms with Gasteiger partial charge in [0.2, 0.25) is 0 Å². The van der Waals surface area contributed by atoms with Crippen LogP contribution in [-0.4, -0.2) is 32.2 Å². The van der Waals surface area contributed by atoms with Gasteiger partial charge in [0.15, 0.2) is 0 Å². The van der Waals surface area contributed by atoms with Gasteiger partial charge in [-0.1, -0.05) is 12.2 Å². The summed E-state index contributed by atoms with van der Waals surface area (Å²) >= 11 is 6.51. The molecule has 0 saturated carbocycles. The third kappa shape index (κ3) is 3.19. The Bertz CT molecular complexity index is 564. The molecule has 1 aliphatic rings. The summed E-state index contributed by atoms with van der Waals surface area (Å²) in [5, 5.41) is 20.1. The van der Waals surface area contributed by atoms with Gasteiger partial charge in [-0.25, -0.2) is 4.98 Å². The smallest absolute Gasteiger partial charge is 0.288 e. The van der Waals surface area contributed by atoms with E-state index in [9.17, 15) is 10.1 Å². The second-order valence-corrected chi connectivity index (χ2v) is 5.60. The largest absolute Gasteiger partial charge is 0.357 e. The number of nitrogens with zero attached hydrogens (tertiary/aromatic N) is 4. The van der Waals surface area contributed by atoms with Crippen LogP contribution in [0.5, 0.6) is 0 Å². The molecule has 19 heavy (non-hydrogen) atoms. The number of hydrogen-bond donors (Lipinski definition) is 0. The molecule has 98 valence electrons. The van der Waals surface area contributed by atoms with Crippen molar-refractivity contribution in [3.63, 3.8) is 0 Å². The van der Waals surface area contributed by atoms with Crippen molar-refractivity contribution in [2.45, 2.75) is 17.9 Å². The van der Waals surface area contributed by atoms with Crippen LogP contribution in [0.25, 0.3) is 0 Å². The van der Waals surface area contributed by atoms with Crippen LogP contribution in [0.4, 0.5) is 5.69 Å². The molecule has 0 amide bonds. The van der Waals surface area contributed by atoms with E-state index in [0.29, 0.717) is 9.35 Å². The molecule has 0 spiro atoms. The predicted octanol–water partition coefficient (Wildman–Crippen LogP) is 2.33. The maximum Gasteiger partial charge on any atom is 0.288 e. The molecule has 1 aromatic heterocycles. The fourth-order valence-corrected chi connectivity index (χ4v) is 2.97. The molecule has 0 unspecified atom stereocenters. The lowest BCUT2D eigenvalue weighted by Gasteiger charge is -2.17. The fraction of sp³-hybridized carbons (Fsp3) is 0.364. The minimum atomic E-state index is -0.568. The number of aromatic nitrogens is 1. The number of thiocarbonyl (C=S) groups is 1. The molecule has 1 aromatic rings. The summed E-state index contributed by atoms with van der Waals surface area (Å²) in [5.41, 5.74) is -0.00580. The second-order valence-electron chi connectivity index (χ2n) is 3.98. The van der Waals surface area contributed by atoms with Crippen LogP contribution in [0.15, 0.2) is 17.3 Å². The standard InChI is InChI=1S/C11H10N4O2S2/c12-6-8-5-9(15(16)17)7-13-10(8)19-11(18)14-3-1-2-4-14/h5,7H,1-4H2. The monoisotopic (exact) mass is 294 g/mol. The van der Waals surface area contributed by atoms with E-state index in [1.54, 1.807) is 0 Å². The van der Waals surface area contributed by atoms with Crippen molar-refractivity contribution in [3.8, 4) is 6.07 Å². The van der Waals surface area contributed by atoms with Gasteiger partial charge in [0.05, 0.1) is 10.5 Å². The molecule has 0 atom stereocenters. The van der Waals surface area contributed by atoms with E-state index in [0.717, 1.165) is 32.1 Å². The summed E-state index contributed by atoms with van der Waals surface area (Å²) in [6, 6.07) is 3.14. The SMILES string of the molecule is N#Cc1cc([N+](=O)[O-])cnc1SC(=S)N1CCCC1. The molecule has 1 aliphatic heterocycles. The lowest BCUT2D eigenvalue weighted by atomic mass is 10.3. The van der Waals surface area contributed by atoms with Crippen molar-refractivity contribution >= 4 is 34.0 Å². The summed E-state index contributed by atoms with van der Waals surface area (Å²) < 4.78 is 0.662. The highest BCUT2D eigenvalue weighted by molar-refractivity contribution is 8.22. The molecule has 0 aromatic carbocycles. The van der Waals surface area contributed by atoms with Gasteiger partial charge in [-0.15, -0.1) is 0 Å². The minimum absolute atomic E-state index is 0.181. The highest BCUT2D eigenvalue weighted by Crippen LogP contribution is 2.27. The molecule has 2 rings (SSSR count). The van der Waals surface area contributed by atoms with Crippen molar-refractivity contribution in [1.82, 2.24) is 9.88 Å². The van der Waals surface area contributed by atoms with Crippen LogP contribution >= 0.6 is 24.0 Å². The van der Waals surface area contributed by atoms with E-state index in [2.05, 4.69) is 9.88 Å². The molecule has 6 nitrogen and oxygen atoms in total. The molecular formula is C11H10N4O2S2. The first-order chi connectivity index (χ1) is 9.11. The van der Waals surface area contributed by atoms with Crippen molar-refractivity contribution in [2.24, 2.45) is 0 Å². The first kappa shape index (κ1) is 13.7. The first-order valence-electron chi connectivity index (χ1n) is 5.63. The van der Waals surface area contributed by atoms with E-state index in [1.165, 1.54) is 17.8 Å². The van der Waals surface area contributed by atoms with Crippen LogP contribution in [0, 0.1) is 21.4 Å². The predicted molar refractivity (Wildman–Crippen MR) is 74.9 cm³/mol. The number of nitriles is 1. The van der Waals surface area contributed by atoms with Crippen molar-refractivity contribution in [2.75, 3.05) is 13.1 Å².